The maximum absolute atomic E-state index is 5.65. The first-order chi connectivity index (χ1) is 16.1. The summed E-state index contributed by atoms with van der Waals surface area (Å²) in [7, 11) is 4.69. The summed E-state index contributed by atoms with van der Waals surface area (Å²) in [5, 5.41) is 0. The molecular weight excluding hydrogens is 416 g/mol. The van der Waals surface area contributed by atoms with Crippen molar-refractivity contribution in [2.45, 2.75) is 0 Å². The van der Waals surface area contributed by atoms with Crippen LogP contribution in [0.25, 0.3) is 0 Å². The molecule has 0 saturated carbocycles. The lowest BCUT2D eigenvalue weighted by Crippen LogP contribution is -1.95. The van der Waals surface area contributed by atoms with Gasteiger partial charge in [-0.2, -0.15) is 0 Å². The zero-order valence-corrected chi connectivity index (χ0v) is 18.4. The lowest BCUT2D eigenvalue weighted by molar-refractivity contribution is 0.174. The summed E-state index contributed by atoms with van der Waals surface area (Å²) in [6.07, 6.45) is 5.65. The largest absolute Gasteiger partial charge is 0.493 e. The van der Waals surface area contributed by atoms with Crippen LogP contribution in [0.3, 0.4) is 0 Å². The van der Waals surface area contributed by atoms with E-state index in [1.54, 1.807) is 33.5 Å². The van der Waals surface area contributed by atoms with Crippen LogP contribution in [-0.4, -0.2) is 28.1 Å². The summed E-state index contributed by atoms with van der Waals surface area (Å²) in [6, 6.07) is 14.8. The van der Waals surface area contributed by atoms with Gasteiger partial charge in [-0.05, 0) is 48.5 Å². The predicted octanol–water partition coefficient (Wildman–Crippen LogP) is 4.22. The van der Waals surface area contributed by atoms with Gasteiger partial charge in [0.05, 0.1) is 21.3 Å². The lowest BCUT2D eigenvalue weighted by atomic mass is 10.1. The highest BCUT2D eigenvalue weighted by molar-refractivity contribution is 5.59. The van der Waals surface area contributed by atoms with Crippen molar-refractivity contribution >= 4 is 0 Å². The summed E-state index contributed by atoms with van der Waals surface area (Å²) in [4.78, 5) is 0. The maximum Gasteiger partial charge on any atom is 0.231 e. The van der Waals surface area contributed by atoms with Crippen LogP contribution in [0.5, 0.6) is 28.7 Å². The van der Waals surface area contributed by atoms with Crippen LogP contribution in [0.15, 0.2) is 48.5 Å². The molecule has 0 atom stereocenters. The quantitative estimate of drug-likeness (QED) is 0.576. The van der Waals surface area contributed by atoms with Gasteiger partial charge in [-0.1, -0.05) is 29.6 Å². The van der Waals surface area contributed by atoms with Crippen LogP contribution in [0, 0.1) is 36.0 Å². The van der Waals surface area contributed by atoms with Gasteiger partial charge in [0, 0.05) is 27.8 Å². The molecule has 5 nitrogen and oxygen atoms in total. The summed E-state index contributed by atoms with van der Waals surface area (Å²) in [5.74, 6) is 18.2. The first kappa shape index (κ1) is 21.6. The van der Waals surface area contributed by atoms with Crippen LogP contribution in [0.1, 0.15) is 27.8 Å². The van der Waals surface area contributed by atoms with E-state index in [-0.39, 0.29) is 6.79 Å². The topological polar surface area (TPSA) is 46.2 Å². The Morgan fingerprint density at radius 3 is 1.76 bits per heavy atom. The number of fused-ring (bicyclic) bond motifs is 1. The Morgan fingerprint density at radius 2 is 1.18 bits per heavy atom. The Bertz CT molecular complexity index is 1350. The first-order valence-corrected chi connectivity index (χ1v) is 9.99. The fourth-order valence-electron chi connectivity index (χ4n) is 3.27. The SMILES string of the molecule is C#Cc1cc(C#Cc2ccc3c(c2)OCO3)cc(C#Cc2cc(OC)c(OC)c(OC)c2)c1. The van der Waals surface area contributed by atoms with Crippen molar-refractivity contribution in [1.29, 1.82) is 0 Å². The van der Waals surface area contributed by atoms with Crippen molar-refractivity contribution in [2.75, 3.05) is 28.1 Å². The second-order valence-corrected chi connectivity index (χ2v) is 6.93. The molecule has 33 heavy (non-hydrogen) atoms. The van der Waals surface area contributed by atoms with Crippen molar-refractivity contribution in [3.8, 4) is 64.8 Å². The van der Waals surface area contributed by atoms with Gasteiger partial charge in [-0.3, -0.25) is 0 Å². The second kappa shape index (κ2) is 9.65. The van der Waals surface area contributed by atoms with E-state index in [1.165, 1.54) is 0 Å². The third-order valence-corrected chi connectivity index (χ3v) is 4.84. The van der Waals surface area contributed by atoms with Gasteiger partial charge in [-0.15, -0.1) is 6.42 Å². The van der Waals surface area contributed by atoms with Crippen LogP contribution in [0.2, 0.25) is 0 Å². The van der Waals surface area contributed by atoms with Crippen molar-refractivity contribution in [3.05, 3.63) is 76.3 Å². The van der Waals surface area contributed by atoms with Gasteiger partial charge in [0.15, 0.2) is 23.0 Å². The molecule has 0 radical (unpaired) electrons. The van der Waals surface area contributed by atoms with Gasteiger partial charge < -0.3 is 23.7 Å². The molecule has 0 amide bonds. The highest BCUT2D eigenvalue weighted by Crippen LogP contribution is 2.38. The number of methoxy groups -OCH3 is 3. The van der Waals surface area contributed by atoms with Crippen LogP contribution < -0.4 is 23.7 Å². The van der Waals surface area contributed by atoms with Crippen molar-refractivity contribution in [2.24, 2.45) is 0 Å². The molecule has 0 N–H and O–H groups in total. The molecule has 3 aromatic rings. The third kappa shape index (κ3) is 4.82. The minimum Gasteiger partial charge on any atom is -0.493 e. The Kier molecular flexibility index (Phi) is 6.31. The molecule has 0 aromatic heterocycles. The van der Waals surface area contributed by atoms with Crippen LogP contribution >= 0.6 is 0 Å². The van der Waals surface area contributed by atoms with Crippen LogP contribution in [-0.2, 0) is 0 Å². The summed E-state index contributed by atoms with van der Waals surface area (Å²) >= 11 is 0. The number of ether oxygens (including phenoxy) is 5. The molecular formula is C28H20O5. The summed E-state index contributed by atoms with van der Waals surface area (Å²) in [6.45, 7) is 0.227. The van der Waals surface area contributed by atoms with E-state index < -0.39 is 0 Å². The van der Waals surface area contributed by atoms with Gasteiger partial charge in [0.2, 0.25) is 12.5 Å². The Morgan fingerprint density at radius 1 is 0.636 bits per heavy atom. The average molecular weight is 436 g/mol. The second-order valence-electron chi connectivity index (χ2n) is 6.93. The molecule has 0 aliphatic carbocycles. The highest BCUT2D eigenvalue weighted by Gasteiger charge is 2.13. The number of hydrogen-bond acceptors (Lipinski definition) is 5. The Hall–Kier alpha value is -4.66. The molecule has 1 heterocycles. The van der Waals surface area contributed by atoms with E-state index in [1.807, 2.05) is 36.4 Å². The van der Waals surface area contributed by atoms with E-state index in [9.17, 15) is 0 Å². The number of benzene rings is 3. The number of rotatable bonds is 3. The minimum absolute atomic E-state index is 0.227. The molecule has 0 saturated heterocycles. The Balaban J connectivity index is 1.66. The zero-order chi connectivity index (χ0) is 23.2. The molecule has 0 spiro atoms. The number of hydrogen-bond donors (Lipinski definition) is 0. The smallest absolute Gasteiger partial charge is 0.231 e. The molecule has 1 aliphatic rings. The summed E-state index contributed by atoms with van der Waals surface area (Å²) in [5.41, 5.74) is 3.73. The fraction of sp³-hybridized carbons (Fsp3) is 0.143. The predicted molar refractivity (Wildman–Crippen MR) is 125 cm³/mol. The molecule has 0 unspecified atom stereocenters. The van der Waals surface area contributed by atoms with Gasteiger partial charge in [0.1, 0.15) is 0 Å². The van der Waals surface area contributed by atoms with Gasteiger partial charge in [-0.25, -0.2) is 0 Å². The molecule has 0 bridgehead atoms. The molecule has 0 fully saturated rings. The summed E-state index contributed by atoms with van der Waals surface area (Å²) < 4.78 is 26.9. The normalized spacial score (nSPS) is 10.7. The highest BCUT2D eigenvalue weighted by atomic mass is 16.7. The van der Waals surface area contributed by atoms with Crippen molar-refractivity contribution < 1.29 is 23.7 Å². The minimum atomic E-state index is 0.227. The van der Waals surface area contributed by atoms with Gasteiger partial charge >= 0.3 is 0 Å². The van der Waals surface area contributed by atoms with Crippen molar-refractivity contribution in [3.63, 3.8) is 0 Å². The third-order valence-electron chi connectivity index (χ3n) is 4.84. The Labute approximate surface area is 193 Å². The first-order valence-electron chi connectivity index (χ1n) is 9.99. The van der Waals surface area contributed by atoms with Crippen LogP contribution in [0.4, 0.5) is 0 Å². The monoisotopic (exact) mass is 436 g/mol. The molecule has 1 aliphatic heterocycles. The zero-order valence-electron chi connectivity index (χ0n) is 18.4. The molecule has 162 valence electrons. The standard InChI is InChI=1S/C28H20O5/c1-5-19-12-21(7-6-20-10-11-24-25(15-20)33-18-32-24)14-22(13-19)8-9-23-16-26(29-2)28(31-4)27(17-23)30-3/h1,10-17H,18H2,2-4H3. The molecule has 5 heteroatoms. The molecule has 4 rings (SSSR count). The van der Waals surface area contributed by atoms with E-state index in [2.05, 4.69) is 29.6 Å². The van der Waals surface area contributed by atoms with E-state index >= 15 is 0 Å². The number of terminal acetylenes is 1. The van der Waals surface area contributed by atoms with E-state index in [0.717, 1.165) is 22.4 Å². The van der Waals surface area contributed by atoms with E-state index in [0.29, 0.717) is 34.1 Å². The average Bonchev–Trinajstić information content (AvgIpc) is 3.33. The van der Waals surface area contributed by atoms with Gasteiger partial charge in [0.25, 0.3) is 0 Å². The molecule has 3 aromatic carbocycles. The maximum atomic E-state index is 5.65. The van der Waals surface area contributed by atoms with E-state index in [4.69, 9.17) is 30.1 Å². The lowest BCUT2D eigenvalue weighted by Gasteiger charge is -2.12. The van der Waals surface area contributed by atoms with Crippen molar-refractivity contribution in [1.82, 2.24) is 0 Å². The fourth-order valence-corrected chi connectivity index (χ4v) is 3.27.